The number of carboxylic acid groups (broad SMARTS) is 1. The van der Waals surface area contributed by atoms with Crippen LogP contribution in [-0.2, 0) is 0 Å². The number of methoxy groups -OCH3 is 1. The molecule has 24 heavy (non-hydrogen) atoms. The minimum atomic E-state index is -1.18. The number of anilines is 2. The van der Waals surface area contributed by atoms with Crippen LogP contribution in [0, 0.1) is 10.1 Å². The van der Waals surface area contributed by atoms with E-state index in [-0.39, 0.29) is 16.9 Å². The van der Waals surface area contributed by atoms with Gasteiger partial charge in [-0.1, -0.05) is 6.07 Å². The molecule has 0 aliphatic heterocycles. The van der Waals surface area contributed by atoms with E-state index in [1.54, 1.807) is 37.4 Å². The Balaban J connectivity index is 2.07. The normalized spacial score (nSPS) is 10.5. The lowest BCUT2D eigenvalue weighted by Gasteiger charge is -2.08. The summed E-state index contributed by atoms with van der Waals surface area (Å²) >= 11 is 0. The average Bonchev–Trinajstić information content (AvgIpc) is 2.98. The molecular weight excluding hydrogens is 314 g/mol. The minimum Gasteiger partial charge on any atom is -0.497 e. The van der Waals surface area contributed by atoms with Crippen molar-refractivity contribution in [3.05, 3.63) is 58.3 Å². The van der Waals surface area contributed by atoms with Crippen molar-refractivity contribution in [1.29, 1.82) is 0 Å². The van der Waals surface area contributed by atoms with Crippen molar-refractivity contribution in [2.45, 2.75) is 0 Å². The van der Waals surface area contributed by atoms with Gasteiger partial charge in [-0.25, -0.2) is 4.79 Å². The number of aromatic nitrogens is 1. The molecule has 1 heterocycles. The van der Waals surface area contributed by atoms with Gasteiger partial charge in [0.05, 0.1) is 12.0 Å². The van der Waals surface area contributed by atoms with Crippen LogP contribution in [0.25, 0.3) is 10.9 Å². The molecule has 0 saturated heterocycles. The molecule has 2 aromatic carbocycles. The fourth-order valence-corrected chi connectivity index (χ4v) is 2.42. The average molecular weight is 327 g/mol. The summed E-state index contributed by atoms with van der Waals surface area (Å²) in [6, 6.07) is 11.5. The summed E-state index contributed by atoms with van der Waals surface area (Å²) in [5.74, 6) is -0.534. The number of carboxylic acids is 1. The molecule has 0 spiro atoms. The summed E-state index contributed by atoms with van der Waals surface area (Å²) in [7, 11) is 1.54. The molecule has 8 nitrogen and oxygen atoms in total. The fraction of sp³-hybridized carbons (Fsp3) is 0.0625. The molecule has 0 fully saturated rings. The number of nitro groups is 1. The highest BCUT2D eigenvalue weighted by atomic mass is 16.6. The molecule has 1 aromatic heterocycles. The van der Waals surface area contributed by atoms with Gasteiger partial charge in [-0.2, -0.15) is 0 Å². The quantitative estimate of drug-likeness (QED) is 0.487. The standard InChI is InChI=1S/C16H13N3O5/c1-24-12-4-2-3-10(7-12)17-11-5-9-6-13(16(20)21)18-15(9)14(8-11)19(22)23/h2-8,17-18H,1H3,(H,20,21). The number of ether oxygens (including phenoxy) is 1. The molecule has 0 amide bonds. The lowest BCUT2D eigenvalue weighted by atomic mass is 10.2. The highest BCUT2D eigenvalue weighted by Gasteiger charge is 2.18. The van der Waals surface area contributed by atoms with E-state index in [4.69, 9.17) is 9.84 Å². The van der Waals surface area contributed by atoms with Crippen molar-refractivity contribution < 1.29 is 19.6 Å². The van der Waals surface area contributed by atoms with E-state index in [0.29, 0.717) is 22.5 Å². The van der Waals surface area contributed by atoms with E-state index in [0.717, 1.165) is 0 Å². The van der Waals surface area contributed by atoms with Gasteiger partial charge in [0.2, 0.25) is 0 Å². The van der Waals surface area contributed by atoms with Crippen molar-refractivity contribution >= 4 is 33.9 Å². The summed E-state index contributed by atoms with van der Waals surface area (Å²) < 4.78 is 5.14. The second-order valence-electron chi connectivity index (χ2n) is 5.06. The Morgan fingerprint density at radius 2 is 2.04 bits per heavy atom. The number of non-ortho nitro benzene ring substituents is 1. The first-order valence-corrected chi connectivity index (χ1v) is 6.93. The molecule has 0 bridgehead atoms. The number of nitrogens with one attached hydrogen (secondary N) is 2. The van der Waals surface area contributed by atoms with Crippen LogP contribution in [0.1, 0.15) is 10.5 Å². The summed E-state index contributed by atoms with van der Waals surface area (Å²) in [4.78, 5) is 24.4. The zero-order chi connectivity index (χ0) is 17.3. The Morgan fingerprint density at radius 1 is 1.25 bits per heavy atom. The smallest absolute Gasteiger partial charge is 0.352 e. The number of hydrogen-bond acceptors (Lipinski definition) is 5. The Bertz CT molecular complexity index is 948. The van der Waals surface area contributed by atoms with Crippen molar-refractivity contribution in [3.63, 3.8) is 0 Å². The van der Waals surface area contributed by atoms with Gasteiger partial charge in [0.25, 0.3) is 5.69 Å². The zero-order valence-corrected chi connectivity index (χ0v) is 12.6. The number of aromatic carboxylic acids is 1. The van der Waals surface area contributed by atoms with E-state index in [2.05, 4.69) is 10.3 Å². The Hall–Kier alpha value is -3.55. The molecule has 0 saturated carbocycles. The van der Waals surface area contributed by atoms with Crippen molar-refractivity contribution in [1.82, 2.24) is 4.98 Å². The monoisotopic (exact) mass is 327 g/mol. The number of nitro benzene ring substituents is 1. The van der Waals surface area contributed by atoms with Crippen LogP contribution < -0.4 is 10.1 Å². The highest BCUT2D eigenvalue weighted by Crippen LogP contribution is 2.32. The second-order valence-corrected chi connectivity index (χ2v) is 5.06. The molecule has 0 radical (unpaired) electrons. The van der Waals surface area contributed by atoms with E-state index in [1.807, 2.05) is 0 Å². The number of fused-ring (bicyclic) bond motifs is 1. The number of benzene rings is 2. The third kappa shape index (κ3) is 2.84. The molecule has 8 heteroatoms. The highest BCUT2D eigenvalue weighted by molar-refractivity contribution is 5.99. The van der Waals surface area contributed by atoms with Gasteiger partial charge in [-0.15, -0.1) is 0 Å². The van der Waals surface area contributed by atoms with Gasteiger partial charge in [-0.3, -0.25) is 10.1 Å². The third-order valence-electron chi connectivity index (χ3n) is 3.49. The molecule has 0 aliphatic carbocycles. The topological polar surface area (TPSA) is 117 Å². The third-order valence-corrected chi connectivity index (χ3v) is 3.49. The maximum atomic E-state index is 11.3. The van der Waals surface area contributed by atoms with Gasteiger partial charge < -0.3 is 20.1 Å². The fourth-order valence-electron chi connectivity index (χ4n) is 2.42. The largest absolute Gasteiger partial charge is 0.497 e. The summed E-state index contributed by atoms with van der Waals surface area (Å²) in [6.07, 6.45) is 0. The molecule has 3 aromatic rings. The van der Waals surface area contributed by atoms with Crippen LogP contribution in [0.15, 0.2) is 42.5 Å². The molecule has 122 valence electrons. The molecule has 0 unspecified atom stereocenters. The molecular formula is C16H13N3O5. The number of hydrogen-bond donors (Lipinski definition) is 3. The predicted octanol–water partition coefficient (Wildman–Crippen LogP) is 3.53. The Kier molecular flexibility index (Phi) is 3.78. The molecule has 0 aliphatic rings. The lowest BCUT2D eigenvalue weighted by molar-refractivity contribution is -0.383. The maximum Gasteiger partial charge on any atom is 0.352 e. The van der Waals surface area contributed by atoms with Gasteiger partial charge >= 0.3 is 5.97 Å². The predicted molar refractivity (Wildman–Crippen MR) is 88.2 cm³/mol. The summed E-state index contributed by atoms with van der Waals surface area (Å²) in [5.41, 5.74) is 1.03. The first-order chi connectivity index (χ1) is 11.5. The van der Waals surface area contributed by atoms with Crippen molar-refractivity contribution in [3.8, 4) is 5.75 Å². The zero-order valence-electron chi connectivity index (χ0n) is 12.6. The number of nitrogens with zero attached hydrogens (tertiary/aromatic N) is 1. The molecule has 0 atom stereocenters. The number of H-pyrrole nitrogens is 1. The van der Waals surface area contributed by atoms with Gasteiger partial charge in [0.1, 0.15) is 17.0 Å². The van der Waals surface area contributed by atoms with Crippen LogP contribution >= 0.6 is 0 Å². The lowest BCUT2D eigenvalue weighted by Crippen LogP contribution is -1.96. The Labute approximate surface area is 135 Å². The van der Waals surface area contributed by atoms with E-state index >= 15 is 0 Å². The van der Waals surface area contributed by atoms with Crippen LogP contribution in [0.3, 0.4) is 0 Å². The van der Waals surface area contributed by atoms with Crippen LogP contribution in [0.4, 0.5) is 17.1 Å². The second kappa shape index (κ2) is 5.92. The van der Waals surface area contributed by atoms with Gasteiger partial charge in [0.15, 0.2) is 0 Å². The van der Waals surface area contributed by atoms with Gasteiger partial charge in [-0.05, 0) is 24.3 Å². The number of carbonyl (C=O) groups is 1. The van der Waals surface area contributed by atoms with E-state index in [1.165, 1.54) is 12.1 Å². The van der Waals surface area contributed by atoms with Crippen molar-refractivity contribution in [2.75, 3.05) is 12.4 Å². The van der Waals surface area contributed by atoms with E-state index in [9.17, 15) is 14.9 Å². The molecule has 3 N–H and O–H groups in total. The first kappa shape index (κ1) is 15.3. The SMILES string of the molecule is COc1cccc(Nc2cc([N+](=O)[O-])c3[nH]c(C(=O)O)cc3c2)c1. The van der Waals surface area contributed by atoms with Gasteiger partial charge in [0, 0.05) is 28.9 Å². The van der Waals surface area contributed by atoms with E-state index < -0.39 is 10.9 Å². The minimum absolute atomic E-state index is 0.105. The van der Waals surface area contributed by atoms with Crippen LogP contribution in [0.5, 0.6) is 5.75 Å². The number of rotatable bonds is 5. The maximum absolute atomic E-state index is 11.3. The number of aromatic amines is 1. The van der Waals surface area contributed by atoms with Crippen LogP contribution in [0.2, 0.25) is 0 Å². The summed E-state index contributed by atoms with van der Waals surface area (Å²) in [6.45, 7) is 0. The first-order valence-electron chi connectivity index (χ1n) is 6.93. The molecule has 3 rings (SSSR count). The van der Waals surface area contributed by atoms with Crippen LogP contribution in [-0.4, -0.2) is 28.1 Å². The Morgan fingerprint density at radius 3 is 2.71 bits per heavy atom. The summed E-state index contributed by atoms with van der Waals surface area (Å²) in [5, 5.41) is 23.8. The van der Waals surface area contributed by atoms with Crippen molar-refractivity contribution in [2.24, 2.45) is 0 Å².